The van der Waals surface area contributed by atoms with Crippen molar-refractivity contribution >= 4 is 5.69 Å². The lowest BCUT2D eigenvalue weighted by molar-refractivity contribution is 0.196. The highest BCUT2D eigenvalue weighted by Gasteiger charge is 2.24. The van der Waals surface area contributed by atoms with Gasteiger partial charge in [0, 0.05) is 25.3 Å². The largest absolute Gasteiger partial charge is 0.396 e. The van der Waals surface area contributed by atoms with E-state index in [0.29, 0.717) is 17.8 Å². The highest BCUT2D eigenvalue weighted by atomic mass is 19.1. The Balaban J connectivity index is 2.31. The number of aliphatic hydroxyl groups is 2. The first-order chi connectivity index (χ1) is 8.63. The Kier molecular flexibility index (Phi) is 4.19. The van der Waals surface area contributed by atoms with Crippen LogP contribution >= 0.6 is 0 Å². The van der Waals surface area contributed by atoms with E-state index in [1.54, 1.807) is 19.1 Å². The molecule has 0 aliphatic carbocycles. The van der Waals surface area contributed by atoms with Gasteiger partial charge in [0.2, 0.25) is 0 Å². The van der Waals surface area contributed by atoms with Crippen LogP contribution in [0.5, 0.6) is 0 Å². The van der Waals surface area contributed by atoms with Gasteiger partial charge in [-0.1, -0.05) is 12.1 Å². The molecule has 1 heterocycles. The molecule has 1 unspecified atom stereocenters. The lowest BCUT2D eigenvalue weighted by Crippen LogP contribution is -2.38. The van der Waals surface area contributed by atoms with Gasteiger partial charge in [0.25, 0.3) is 0 Å². The Morgan fingerprint density at radius 1 is 1.50 bits per heavy atom. The van der Waals surface area contributed by atoms with Crippen molar-refractivity contribution in [1.82, 2.24) is 0 Å². The van der Waals surface area contributed by atoms with Crippen molar-refractivity contribution in [3.8, 4) is 0 Å². The summed E-state index contributed by atoms with van der Waals surface area (Å²) in [7, 11) is 0. The van der Waals surface area contributed by atoms with E-state index in [2.05, 4.69) is 0 Å². The Morgan fingerprint density at radius 2 is 2.28 bits per heavy atom. The molecule has 2 atom stereocenters. The number of para-hydroxylation sites is 1. The van der Waals surface area contributed by atoms with Crippen LogP contribution < -0.4 is 4.90 Å². The number of anilines is 1. The number of aliphatic hydroxyl groups excluding tert-OH is 2. The minimum absolute atomic E-state index is 0.134. The quantitative estimate of drug-likeness (QED) is 0.867. The van der Waals surface area contributed by atoms with Crippen molar-refractivity contribution in [3.05, 3.63) is 29.6 Å². The van der Waals surface area contributed by atoms with Gasteiger partial charge in [-0.05, 0) is 31.7 Å². The summed E-state index contributed by atoms with van der Waals surface area (Å²) >= 11 is 0. The summed E-state index contributed by atoms with van der Waals surface area (Å²) in [5.74, 6) is -0.104. The molecule has 1 aromatic carbocycles. The first kappa shape index (κ1) is 13.3. The Labute approximate surface area is 107 Å². The summed E-state index contributed by atoms with van der Waals surface area (Å²) in [6, 6.07) is 4.80. The van der Waals surface area contributed by atoms with Gasteiger partial charge >= 0.3 is 0 Å². The van der Waals surface area contributed by atoms with Crippen LogP contribution in [0.3, 0.4) is 0 Å². The average Bonchev–Trinajstić information content (AvgIpc) is 2.38. The maximum Gasteiger partial charge on any atom is 0.146 e. The minimum atomic E-state index is -0.690. The van der Waals surface area contributed by atoms with Crippen LogP contribution in [0.15, 0.2) is 18.2 Å². The summed E-state index contributed by atoms with van der Waals surface area (Å²) < 4.78 is 14.0. The van der Waals surface area contributed by atoms with E-state index in [1.165, 1.54) is 6.07 Å². The molecule has 0 radical (unpaired) electrons. The zero-order valence-electron chi connectivity index (χ0n) is 10.6. The molecule has 3 nitrogen and oxygen atoms in total. The predicted octanol–water partition coefficient (Wildman–Crippen LogP) is 2.09. The molecule has 1 aliphatic rings. The fraction of sp³-hybridized carbons (Fsp3) is 0.571. The summed E-state index contributed by atoms with van der Waals surface area (Å²) in [5.41, 5.74) is 1.11. The average molecular weight is 253 g/mol. The van der Waals surface area contributed by atoms with Crippen LogP contribution in [-0.2, 0) is 0 Å². The molecule has 0 bridgehead atoms. The van der Waals surface area contributed by atoms with E-state index in [4.69, 9.17) is 0 Å². The second-order valence-electron chi connectivity index (χ2n) is 4.99. The van der Waals surface area contributed by atoms with Crippen molar-refractivity contribution in [2.75, 3.05) is 24.6 Å². The Bertz CT molecular complexity index is 409. The number of nitrogens with zero attached hydrogens (tertiary/aromatic N) is 1. The number of hydrogen-bond donors (Lipinski definition) is 2. The van der Waals surface area contributed by atoms with Gasteiger partial charge in [-0.25, -0.2) is 4.39 Å². The number of halogens is 1. The smallest absolute Gasteiger partial charge is 0.146 e. The molecule has 0 aromatic heterocycles. The minimum Gasteiger partial charge on any atom is -0.396 e. The van der Waals surface area contributed by atoms with Crippen molar-refractivity contribution in [2.24, 2.45) is 5.92 Å². The predicted molar refractivity (Wildman–Crippen MR) is 69.1 cm³/mol. The maximum atomic E-state index is 14.0. The molecule has 1 saturated heterocycles. The van der Waals surface area contributed by atoms with Crippen molar-refractivity contribution < 1.29 is 14.6 Å². The summed E-state index contributed by atoms with van der Waals surface area (Å²) in [4.78, 5) is 1.95. The molecular formula is C14H20FNO2. The molecule has 4 heteroatoms. The lowest BCUT2D eigenvalue weighted by Gasteiger charge is -2.35. The molecule has 2 N–H and O–H groups in total. The normalized spacial score (nSPS) is 22.0. The highest BCUT2D eigenvalue weighted by molar-refractivity contribution is 5.56. The van der Waals surface area contributed by atoms with Gasteiger partial charge in [-0.3, -0.25) is 0 Å². The molecule has 18 heavy (non-hydrogen) atoms. The molecule has 1 aliphatic heterocycles. The zero-order valence-corrected chi connectivity index (χ0v) is 10.6. The van der Waals surface area contributed by atoms with Crippen LogP contribution in [0, 0.1) is 11.7 Å². The van der Waals surface area contributed by atoms with Gasteiger partial charge in [-0.15, -0.1) is 0 Å². The van der Waals surface area contributed by atoms with Gasteiger partial charge in [0.05, 0.1) is 11.8 Å². The third-order valence-electron chi connectivity index (χ3n) is 3.56. The SMILES string of the molecule is C[C@@H](O)c1cccc(F)c1N1CCCC(CO)C1. The summed E-state index contributed by atoms with van der Waals surface area (Å²) in [5, 5.41) is 19.0. The van der Waals surface area contributed by atoms with Crippen LogP contribution in [0.1, 0.15) is 31.4 Å². The molecule has 0 spiro atoms. The van der Waals surface area contributed by atoms with E-state index in [-0.39, 0.29) is 18.3 Å². The van der Waals surface area contributed by atoms with Gasteiger partial charge in [0.15, 0.2) is 0 Å². The van der Waals surface area contributed by atoms with Crippen LogP contribution in [0.25, 0.3) is 0 Å². The highest BCUT2D eigenvalue weighted by Crippen LogP contribution is 2.32. The van der Waals surface area contributed by atoms with Gasteiger partial charge in [-0.2, -0.15) is 0 Å². The number of piperidine rings is 1. The maximum absolute atomic E-state index is 14.0. The fourth-order valence-corrected chi connectivity index (χ4v) is 2.62. The van der Waals surface area contributed by atoms with Crippen LogP contribution in [-0.4, -0.2) is 29.9 Å². The van der Waals surface area contributed by atoms with E-state index in [0.717, 1.165) is 19.4 Å². The third-order valence-corrected chi connectivity index (χ3v) is 3.56. The fourth-order valence-electron chi connectivity index (χ4n) is 2.62. The Hall–Kier alpha value is -1.13. The molecule has 2 rings (SSSR count). The summed E-state index contributed by atoms with van der Waals surface area (Å²) in [6.45, 7) is 3.20. The first-order valence-corrected chi connectivity index (χ1v) is 6.45. The number of benzene rings is 1. The number of hydrogen-bond acceptors (Lipinski definition) is 3. The Morgan fingerprint density at radius 3 is 2.94 bits per heavy atom. The first-order valence-electron chi connectivity index (χ1n) is 6.45. The molecule has 1 fully saturated rings. The summed E-state index contributed by atoms with van der Waals surface area (Å²) in [6.07, 6.45) is 1.23. The molecule has 0 saturated carbocycles. The van der Waals surface area contributed by atoms with Crippen molar-refractivity contribution in [2.45, 2.75) is 25.9 Å². The second kappa shape index (κ2) is 5.67. The standard InChI is InChI=1S/C14H20FNO2/c1-10(18)12-5-2-6-13(15)14(12)16-7-3-4-11(8-16)9-17/h2,5-6,10-11,17-18H,3-4,7-9H2,1H3/t10-,11?/m1/s1. The van der Waals surface area contributed by atoms with Gasteiger partial charge < -0.3 is 15.1 Å². The van der Waals surface area contributed by atoms with Crippen LogP contribution in [0.2, 0.25) is 0 Å². The van der Waals surface area contributed by atoms with E-state index in [1.807, 2.05) is 4.90 Å². The third kappa shape index (κ3) is 2.65. The lowest BCUT2D eigenvalue weighted by atomic mass is 9.97. The van der Waals surface area contributed by atoms with Gasteiger partial charge in [0.1, 0.15) is 5.82 Å². The molecular weight excluding hydrogens is 233 g/mol. The molecule has 100 valence electrons. The van der Waals surface area contributed by atoms with Crippen molar-refractivity contribution in [3.63, 3.8) is 0 Å². The van der Waals surface area contributed by atoms with E-state index >= 15 is 0 Å². The van der Waals surface area contributed by atoms with E-state index < -0.39 is 6.10 Å². The van der Waals surface area contributed by atoms with Crippen LogP contribution in [0.4, 0.5) is 10.1 Å². The topological polar surface area (TPSA) is 43.7 Å². The molecule has 0 amide bonds. The molecule has 1 aromatic rings. The zero-order chi connectivity index (χ0) is 13.1. The van der Waals surface area contributed by atoms with Crippen molar-refractivity contribution in [1.29, 1.82) is 0 Å². The number of rotatable bonds is 3. The monoisotopic (exact) mass is 253 g/mol. The van der Waals surface area contributed by atoms with E-state index in [9.17, 15) is 14.6 Å². The second-order valence-corrected chi connectivity index (χ2v) is 4.99.